The molecule has 1 N–H and O–H groups in total. The van der Waals surface area contributed by atoms with Gasteiger partial charge < -0.3 is 14.4 Å². The lowest BCUT2D eigenvalue weighted by atomic mass is 10.1. The van der Waals surface area contributed by atoms with Gasteiger partial charge in [-0.15, -0.1) is 11.3 Å². The molecule has 8 heteroatoms. The number of nitrogens with zero attached hydrogens (tertiary/aromatic N) is 3. The molecule has 1 amide bonds. The average molecular weight is 374 g/mol. The first-order valence-electron chi connectivity index (χ1n) is 8.40. The molecule has 0 saturated carbocycles. The quantitative estimate of drug-likeness (QED) is 0.619. The number of rotatable bonds is 6. The first-order valence-corrected chi connectivity index (χ1v) is 9.28. The molecule has 2 heterocycles. The topological polar surface area (TPSA) is 76.0 Å². The Morgan fingerprint density at radius 3 is 2.77 bits per heavy atom. The van der Waals surface area contributed by atoms with E-state index in [4.69, 9.17) is 9.47 Å². The number of carbonyl (C=O) groups excluding carboxylic acids is 1. The fraction of sp³-hybridized carbons (Fsp3) is 0.389. The number of hydrogen-bond donors (Lipinski definition) is 1. The molecule has 1 aromatic carbocycles. The van der Waals surface area contributed by atoms with Crippen molar-refractivity contribution >= 4 is 28.1 Å². The molecule has 1 aromatic heterocycles. The van der Waals surface area contributed by atoms with Crippen molar-refractivity contribution in [3.05, 3.63) is 40.9 Å². The molecule has 1 saturated heterocycles. The first-order chi connectivity index (χ1) is 12.7. The summed E-state index contributed by atoms with van der Waals surface area (Å²) in [7, 11) is 1.62. The molecule has 2 aromatic rings. The van der Waals surface area contributed by atoms with Crippen LogP contribution >= 0.6 is 11.3 Å². The molecule has 26 heavy (non-hydrogen) atoms. The van der Waals surface area contributed by atoms with Gasteiger partial charge in [-0.3, -0.25) is 4.79 Å². The van der Waals surface area contributed by atoms with Crippen LogP contribution in [0.5, 0.6) is 5.75 Å². The second-order valence-corrected chi connectivity index (χ2v) is 6.69. The first kappa shape index (κ1) is 18.3. The monoisotopic (exact) mass is 374 g/mol. The van der Waals surface area contributed by atoms with Gasteiger partial charge in [0.15, 0.2) is 5.13 Å². The summed E-state index contributed by atoms with van der Waals surface area (Å²) < 4.78 is 10.5. The van der Waals surface area contributed by atoms with Crippen LogP contribution < -0.4 is 15.1 Å². The van der Waals surface area contributed by atoms with Crippen molar-refractivity contribution in [1.82, 2.24) is 10.4 Å². The third-order valence-electron chi connectivity index (χ3n) is 4.02. The number of nitrogens with one attached hydrogen (secondary N) is 1. The van der Waals surface area contributed by atoms with E-state index in [0.717, 1.165) is 54.2 Å². The molecule has 3 rings (SSSR count). The second kappa shape index (κ2) is 8.77. The Hall–Kier alpha value is -2.45. The van der Waals surface area contributed by atoms with Crippen molar-refractivity contribution in [1.29, 1.82) is 0 Å². The van der Waals surface area contributed by atoms with E-state index < -0.39 is 0 Å². The number of thiazole rings is 1. The van der Waals surface area contributed by atoms with Gasteiger partial charge in [0.2, 0.25) is 5.91 Å². The van der Waals surface area contributed by atoms with E-state index in [1.54, 1.807) is 18.4 Å². The zero-order valence-corrected chi connectivity index (χ0v) is 15.7. The Bertz CT molecular complexity index is 767. The van der Waals surface area contributed by atoms with E-state index in [1.807, 2.05) is 36.6 Å². The molecule has 1 fully saturated rings. The van der Waals surface area contributed by atoms with Gasteiger partial charge in [-0.05, 0) is 36.8 Å². The van der Waals surface area contributed by atoms with Gasteiger partial charge in [-0.25, -0.2) is 10.4 Å². The minimum atomic E-state index is -0.184. The molecule has 1 aliphatic heterocycles. The minimum Gasteiger partial charge on any atom is -0.497 e. The molecule has 0 unspecified atom stereocenters. The molecule has 0 aliphatic carbocycles. The summed E-state index contributed by atoms with van der Waals surface area (Å²) in [6.45, 7) is 4.96. The highest BCUT2D eigenvalue weighted by Gasteiger charge is 2.15. The van der Waals surface area contributed by atoms with Crippen LogP contribution in [0.25, 0.3) is 0 Å². The van der Waals surface area contributed by atoms with E-state index in [2.05, 4.69) is 20.4 Å². The van der Waals surface area contributed by atoms with Gasteiger partial charge in [-0.2, -0.15) is 5.10 Å². The van der Waals surface area contributed by atoms with Gasteiger partial charge in [0.25, 0.3) is 0 Å². The summed E-state index contributed by atoms with van der Waals surface area (Å²) in [6, 6.07) is 7.52. The number of aromatic nitrogens is 1. The maximum atomic E-state index is 12.1. The van der Waals surface area contributed by atoms with Gasteiger partial charge in [-0.1, -0.05) is 0 Å². The van der Waals surface area contributed by atoms with Gasteiger partial charge in [0.05, 0.1) is 38.1 Å². The lowest BCUT2D eigenvalue weighted by molar-refractivity contribution is -0.120. The summed E-state index contributed by atoms with van der Waals surface area (Å²) in [5, 5.41) is 7.03. The smallest absolute Gasteiger partial charge is 0.246 e. The minimum absolute atomic E-state index is 0.184. The number of methoxy groups -OCH3 is 1. The van der Waals surface area contributed by atoms with Crippen LogP contribution in [-0.2, 0) is 16.0 Å². The number of anilines is 1. The SMILES string of the molecule is COc1ccc(/C(C)=N\NC(=O)Cc2csc(N3CCOCC3)n2)cc1. The third kappa shape index (κ3) is 4.80. The van der Waals surface area contributed by atoms with Crippen molar-refractivity contribution in [2.24, 2.45) is 5.10 Å². The Morgan fingerprint density at radius 1 is 1.35 bits per heavy atom. The Labute approximate surface area is 156 Å². The van der Waals surface area contributed by atoms with E-state index in [1.165, 1.54) is 0 Å². The number of hydrazone groups is 1. The third-order valence-corrected chi connectivity index (χ3v) is 4.97. The number of carbonyl (C=O) groups is 1. The predicted molar refractivity (Wildman–Crippen MR) is 102 cm³/mol. The van der Waals surface area contributed by atoms with Gasteiger partial charge in [0, 0.05) is 18.5 Å². The second-order valence-electron chi connectivity index (χ2n) is 5.86. The maximum Gasteiger partial charge on any atom is 0.246 e. The lowest BCUT2D eigenvalue weighted by Crippen LogP contribution is -2.36. The lowest BCUT2D eigenvalue weighted by Gasteiger charge is -2.26. The highest BCUT2D eigenvalue weighted by atomic mass is 32.1. The fourth-order valence-corrected chi connectivity index (χ4v) is 3.40. The zero-order chi connectivity index (χ0) is 18.4. The van der Waals surface area contributed by atoms with E-state index in [0.29, 0.717) is 0 Å². The van der Waals surface area contributed by atoms with Crippen molar-refractivity contribution in [3.8, 4) is 5.75 Å². The summed E-state index contributed by atoms with van der Waals surface area (Å²) in [5.41, 5.74) is 5.01. The van der Waals surface area contributed by atoms with E-state index in [9.17, 15) is 4.79 Å². The molecule has 138 valence electrons. The summed E-state index contributed by atoms with van der Waals surface area (Å²) in [5.74, 6) is 0.599. The van der Waals surface area contributed by atoms with Gasteiger partial charge in [0.1, 0.15) is 5.75 Å². The van der Waals surface area contributed by atoms with Crippen LogP contribution in [0.1, 0.15) is 18.2 Å². The highest BCUT2D eigenvalue weighted by molar-refractivity contribution is 7.13. The Balaban J connectivity index is 1.54. The molecule has 0 bridgehead atoms. The standard InChI is InChI=1S/C18H22N4O3S/c1-13(14-3-5-16(24-2)6-4-14)20-21-17(23)11-15-12-26-18(19-15)22-7-9-25-10-8-22/h3-6,12H,7-11H2,1-2H3,(H,21,23)/b20-13-. The summed E-state index contributed by atoms with van der Waals surface area (Å²) >= 11 is 1.55. The molecule has 0 atom stereocenters. The number of benzene rings is 1. The van der Waals surface area contributed by atoms with Gasteiger partial charge >= 0.3 is 0 Å². The maximum absolute atomic E-state index is 12.1. The van der Waals surface area contributed by atoms with Crippen LogP contribution in [-0.4, -0.2) is 50.0 Å². The average Bonchev–Trinajstić information content (AvgIpc) is 3.15. The van der Waals surface area contributed by atoms with Crippen LogP contribution in [0.4, 0.5) is 5.13 Å². The van der Waals surface area contributed by atoms with E-state index in [-0.39, 0.29) is 12.3 Å². The molecular formula is C18H22N4O3S. The summed E-state index contributed by atoms with van der Waals surface area (Å²) in [6.07, 6.45) is 0.209. The molecule has 0 radical (unpaired) electrons. The number of hydrogen-bond acceptors (Lipinski definition) is 7. The molecule has 1 aliphatic rings. The summed E-state index contributed by atoms with van der Waals surface area (Å²) in [4.78, 5) is 18.9. The van der Waals surface area contributed by atoms with E-state index >= 15 is 0 Å². The normalized spacial score (nSPS) is 15.0. The van der Waals surface area contributed by atoms with Crippen molar-refractivity contribution in [2.75, 3.05) is 38.3 Å². The van der Waals surface area contributed by atoms with Crippen LogP contribution in [0.3, 0.4) is 0 Å². The van der Waals surface area contributed by atoms with Crippen LogP contribution in [0, 0.1) is 0 Å². The van der Waals surface area contributed by atoms with Crippen LogP contribution in [0.2, 0.25) is 0 Å². The van der Waals surface area contributed by atoms with Crippen LogP contribution in [0.15, 0.2) is 34.7 Å². The number of ether oxygens (including phenoxy) is 2. The van der Waals surface area contributed by atoms with Crippen molar-refractivity contribution in [2.45, 2.75) is 13.3 Å². The number of morpholine rings is 1. The largest absolute Gasteiger partial charge is 0.497 e. The predicted octanol–water partition coefficient (Wildman–Crippen LogP) is 2.07. The fourth-order valence-electron chi connectivity index (χ4n) is 2.52. The highest BCUT2D eigenvalue weighted by Crippen LogP contribution is 2.21. The Morgan fingerprint density at radius 2 is 2.08 bits per heavy atom. The number of amides is 1. The Kier molecular flexibility index (Phi) is 6.19. The van der Waals surface area contributed by atoms with Crippen molar-refractivity contribution < 1.29 is 14.3 Å². The molecule has 0 spiro atoms. The molecular weight excluding hydrogens is 352 g/mol. The van der Waals surface area contributed by atoms with Crippen molar-refractivity contribution in [3.63, 3.8) is 0 Å². The zero-order valence-electron chi connectivity index (χ0n) is 14.9. The molecule has 7 nitrogen and oxygen atoms in total.